The number of hydrogen-bond acceptors (Lipinski definition) is 2. The average Bonchev–Trinajstić information content (AvgIpc) is 2.91. The third-order valence-electron chi connectivity index (χ3n) is 4.20. The summed E-state index contributed by atoms with van der Waals surface area (Å²) in [7, 11) is 0. The number of urea groups is 1. The number of halogens is 3. The van der Waals surface area contributed by atoms with Crippen molar-refractivity contribution in [3.63, 3.8) is 0 Å². The highest BCUT2D eigenvalue weighted by Gasteiger charge is 2.53. The third kappa shape index (κ3) is 3.92. The molecule has 124 valence electrons. The van der Waals surface area contributed by atoms with Crippen LogP contribution in [-0.4, -0.2) is 47.8 Å². The Bertz CT molecular complexity index is 476. The van der Waals surface area contributed by atoms with Crippen molar-refractivity contribution in [2.75, 3.05) is 19.6 Å². The van der Waals surface area contributed by atoms with E-state index >= 15 is 0 Å². The van der Waals surface area contributed by atoms with Gasteiger partial charge in [-0.05, 0) is 25.7 Å². The minimum absolute atomic E-state index is 0.309. The number of aliphatic carboxylic acids is 1. The fourth-order valence-corrected chi connectivity index (χ4v) is 2.92. The fraction of sp³-hybridized carbons (Fsp3) is 0.714. The number of hydrogen-bond donors (Lipinski definition) is 2. The molecule has 0 radical (unpaired) electrons. The normalized spacial score (nSPS) is 25.8. The van der Waals surface area contributed by atoms with Crippen LogP contribution in [0.4, 0.5) is 18.0 Å². The van der Waals surface area contributed by atoms with E-state index in [1.165, 1.54) is 0 Å². The van der Waals surface area contributed by atoms with Crippen LogP contribution < -0.4 is 5.32 Å². The standard InChI is InChI=1S/C14H19F3N2O3/c15-14(16,17)11-8-19(7-10(11)12(20)21)13(22)18-6-9-4-2-1-3-5-9/h4,10-11H,1-3,5-8H2,(H,18,22)(H,20,21)/t10-,11-/m1/s1. The van der Waals surface area contributed by atoms with Crippen LogP contribution in [0.2, 0.25) is 0 Å². The van der Waals surface area contributed by atoms with Crippen molar-refractivity contribution >= 4 is 12.0 Å². The highest BCUT2D eigenvalue weighted by molar-refractivity contribution is 5.78. The summed E-state index contributed by atoms with van der Waals surface area (Å²) in [6.07, 6.45) is 1.39. The van der Waals surface area contributed by atoms with Gasteiger partial charge in [0.1, 0.15) is 0 Å². The highest BCUT2D eigenvalue weighted by Crippen LogP contribution is 2.37. The van der Waals surface area contributed by atoms with Crippen LogP contribution in [0.1, 0.15) is 25.7 Å². The zero-order valence-corrected chi connectivity index (χ0v) is 12.0. The minimum Gasteiger partial charge on any atom is -0.481 e. The van der Waals surface area contributed by atoms with Crippen LogP contribution in [0.3, 0.4) is 0 Å². The van der Waals surface area contributed by atoms with Gasteiger partial charge in [-0.15, -0.1) is 0 Å². The predicted octanol–water partition coefficient (Wildman–Crippen LogP) is 2.39. The van der Waals surface area contributed by atoms with Crippen molar-refractivity contribution < 1.29 is 27.9 Å². The van der Waals surface area contributed by atoms with Gasteiger partial charge in [-0.2, -0.15) is 13.2 Å². The number of nitrogens with one attached hydrogen (secondary N) is 1. The first-order chi connectivity index (χ1) is 10.3. The monoisotopic (exact) mass is 320 g/mol. The van der Waals surface area contributed by atoms with E-state index in [1.807, 2.05) is 6.08 Å². The van der Waals surface area contributed by atoms with Crippen molar-refractivity contribution in [1.29, 1.82) is 0 Å². The Morgan fingerprint density at radius 3 is 2.55 bits per heavy atom. The van der Waals surface area contributed by atoms with Crippen molar-refractivity contribution in [3.8, 4) is 0 Å². The molecule has 1 fully saturated rings. The molecule has 2 rings (SSSR count). The van der Waals surface area contributed by atoms with Crippen LogP contribution in [-0.2, 0) is 4.79 Å². The maximum atomic E-state index is 12.9. The molecule has 22 heavy (non-hydrogen) atoms. The van der Waals surface area contributed by atoms with E-state index in [1.54, 1.807) is 0 Å². The molecule has 1 heterocycles. The molecule has 0 saturated carbocycles. The second-order valence-electron chi connectivity index (χ2n) is 5.76. The fourth-order valence-electron chi connectivity index (χ4n) is 2.92. The predicted molar refractivity (Wildman–Crippen MR) is 72.2 cm³/mol. The van der Waals surface area contributed by atoms with Crippen LogP contribution in [0, 0.1) is 11.8 Å². The van der Waals surface area contributed by atoms with E-state index in [0.717, 1.165) is 36.2 Å². The van der Waals surface area contributed by atoms with Gasteiger partial charge in [0.2, 0.25) is 0 Å². The van der Waals surface area contributed by atoms with E-state index in [2.05, 4.69) is 5.32 Å². The van der Waals surface area contributed by atoms with E-state index in [0.29, 0.717) is 6.54 Å². The minimum atomic E-state index is -4.62. The Labute approximate surface area is 126 Å². The Balaban J connectivity index is 1.93. The molecule has 8 heteroatoms. The van der Waals surface area contributed by atoms with Gasteiger partial charge in [0, 0.05) is 19.6 Å². The molecule has 0 bridgehead atoms. The summed E-state index contributed by atoms with van der Waals surface area (Å²) in [5.74, 6) is -5.13. The molecular weight excluding hydrogens is 301 g/mol. The smallest absolute Gasteiger partial charge is 0.394 e. The molecule has 2 amide bonds. The Kier molecular flexibility index (Phi) is 4.97. The lowest BCUT2D eigenvalue weighted by Crippen LogP contribution is -2.40. The Morgan fingerprint density at radius 2 is 2.05 bits per heavy atom. The molecule has 1 aliphatic heterocycles. The third-order valence-corrected chi connectivity index (χ3v) is 4.20. The molecule has 2 N–H and O–H groups in total. The number of carboxylic acid groups (broad SMARTS) is 1. The molecule has 1 saturated heterocycles. The first-order valence-corrected chi connectivity index (χ1v) is 7.29. The summed E-state index contributed by atoms with van der Waals surface area (Å²) < 4.78 is 38.6. The van der Waals surface area contributed by atoms with Crippen LogP contribution in [0.5, 0.6) is 0 Å². The van der Waals surface area contributed by atoms with Gasteiger partial charge < -0.3 is 15.3 Å². The molecule has 0 spiro atoms. The van der Waals surface area contributed by atoms with Gasteiger partial charge in [0.15, 0.2) is 0 Å². The van der Waals surface area contributed by atoms with Gasteiger partial charge in [-0.25, -0.2) is 4.79 Å². The van der Waals surface area contributed by atoms with E-state index in [-0.39, 0.29) is 0 Å². The topological polar surface area (TPSA) is 69.6 Å². The van der Waals surface area contributed by atoms with E-state index in [9.17, 15) is 22.8 Å². The quantitative estimate of drug-likeness (QED) is 0.785. The summed E-state index contributed by atoms with van der Waals surface area (Å²) in [6, 6.07) is -0.635. The molecule has 2 atom stereocenters. The molecule has 0 unspecified atom stereocenters. The Morgan fingerprint density at radius 1 is 1.32 bits per heavy atom. The number of carboxylic acids is 1. The molecule has 0 aromatic carbocycles. The molecule has 0 aromatic rings. The summed E-state index contributed by atoms with van der Waals surface area (Å²) in [5, 5.41) is 11.5. The first-order valence-electron chi connectivity index (χ1n) is 7.29. The summed E-state index contributed by atoms with van der Waals surface area (Å²) >= 11 is 0. The largest absolute Gasteiger partial charge is 0.481 e. The van der Waals surface area contributed by atoms with Gasteiger partial charge in [-0.3, -0.25) is 4.79 Å². The van der Waals surface area contributed by atoms with Gasteiger partial charge in [0.25, 0.3) is 0 Å². The summed E-state index contributed by atoms with van der Waals surface area (Å²) in [4.78, 5) is 23.9. The average molecular weight is 320 g/mol. The number of nitrogens with zero attached hydrogens (tertiary/aromatic N) is 1. The molecule has 2 aliphatic rings. The summed E-state index contributed by atoms with van der Waals surface area (Å²) in [6.45, 7) is -0.709. The van der Waals surface area contributed by atoms with Crippen molar-refractivity contribution in [2.24, 2.45) is 11.8 Å². The number of carbonyl (C=O) groups excluding carboxylic acids is 1. The summed E-state index contributed by atoms with van der Waals surface area (Å²) in [5.41, 5.74) is 1.07. The van der Waals surface area contributed by atoms with Crippen LogP contribution in [0.15, 0.2) is 11.6 Å². The maximum absolute atomic E-state index is 12.9. The van der Waals surface area contributed by atoms with Crippen molar-refractivity contribution in [3.05, 3.63) is 11.6 Å². The van der Waals surface area contributed by atoms with Crippen molar-refractivity contribution in [2.45, 2.75) is 31.9 Å². The number of likely N-dealkylation sites (tertiary alicyclic amines) is 1. The van der Waals surface area contributed by atoms with Crippen molar-refractivity contribution in [1.82, 2.24) is 10.2 Å². The number of amides is 2. The van der Waals surface area contributed by atoms with E-state index < -0.39 is 43.1 Å². The molecule has 0 aromatic heterocycles. The number of allylic oxidation sites excluding steroid dienone is 1. The number of rotatable bonds is 3. The zero-order valence-electron chi connectivity index (χ0n) is 12.0. The van der Waals surface area contributed by atoms with Gasteiger partial charge in [-0.1, -0.05) is 11.6 Å². The van der Waals surface area contributed by atoms with Gasteiger partial charge in [0.05, 0.1) is 11.8 Å². The molecular formula is C14H19F3N2O3. The van der Waals surface area contributed by atoms with E-state index in [4.69, 9.17) is 5.11 Å². The second kappa shape index (κ2) is 6.58. The molecule has 5 nitrogen and oxygen atoms in total. The van der Waals surface area contributed by atoms with Gasteiger partial charge >= 0.3 is 18.2 Å². The lowest BCUT2D eigenvalue weighted by molar-refractivity contribution is -0.187. The highest BCUT2D eigenvalue weighted by atomic mass is 19.4. The number of alkyl halides is 3. The SMILES string of the molecule is O=C(O)[C@@H]1CN(C(=O)NCC2=CCCCC2)C[C@H]1C(F)(F)F. The molecule has 1 aliphatic carbocycles. The number of carbonyl (C=O) groups is 2. The maximum Gasteiger partial charge on any atom is 0.394 e. The lowest BCUT2D eigenvalue weighted by Gasteiger charge is -2.20. The Hall–Kier alpha value is -1.73. The van der Waals surface area contributed by atoms with Crippen LogP contribution >= 0.6 is 0 Å². The zero-order chi connectivity index (χ0) is 16.3. The second-order valence-corrected chi connectivity index (χ2v) is 5.76. The van der Waals surface area contributed by atoms with Crippen LogP contribution in [0.25, 0.3) is 0 Å². The lowest BCUT2D eigenvalue weighted by atomic mass is 9.96. The first kappa shape index (κ1) is 16.6.